The molecule has 4 N–H and O–H groups in total. The maximum atomic E-state index is 12.0. The summed E-state index contributed by atoms with van der Waals surface area (Å²) in [6.07, 6.45) is 29.0. The number of unbranched alkanes of at least 4 members (excludes halogenated alkanes) is 24. The molecule has 4 atom stereocenters. The predicted octanol–water partition coefficient (Wildman–Crippen LogP) is 8.53. The lowest BCUT2D eigenvalue weighted by Gasteiger charge is -2.17. The number of rotatable bonds is 44. The molecule has 0 heterocycles. The maximum absolute atomic E-state index is 12.0. The molecule has 0 spiro atoms. The molecule has 0 saturated heterocycles. The smallest absolute Gasteiger partial charge is 0.305 e. The third kappa shape index (κ3) is 42.1. The maximum Gasteiger partial charge on any atom is 0.305 e. The Hall–Kier alpha value is -1.34. The number of esters is 2. The van der Waals surface area contributed by atoms with Gasteiger partial charge in [0.2, 0.25) is 0 Å². The van der Waals surface area contributed by atoms with E-state index in [1.54, 1.807) is 0 Å². The average Bonchev–Trinajstić information content (AvgIpc) is 3.16. The van der Waals surface area contributed by atoms with E-state index in [1.807, 2.05) is 0 Å². The number of aliphatic hydroxyl groups is 4. The lowest BCUT2D eigenvalue weighted by Crippen LogP contribution is -2.30. The number of hydrogen-bond acceptors (Lipinski definition) is 11. The Morgan fingerprint density at radius 3 is 0.764 bits per heavy atom. The van der Waals surface area contributed by atoms with Crippen LogP contribution < -0.4 is 0 Å². The van der Waals surface area contributed by atoms with Crippen molar-refractivity contribution in [2.24, 2.45) is 0 Å². The molecule has 0 aliphatic rings. The molecule has 11 nitrogen and oxygen atoms in total. The number of aliphatic hydroxyl groups excluding tert-OH is 4. The summed E-state index contributed by atoms with van der Waals surface area (Å²) in [6, 6.07) is 0. The van der Waals surface area contributed by atoms with Gasteiger partial charge in [0, 0.05) is 12.8 Å². The summed E-state index contributed by atoms with van der Waals surface area (Å²) < 4.78 is 26.2. The zero-order chi connectivity index (χ0) is 40.5. The van der Waals surface area contributed by atoms with Crippen LogP contribution in [0.25, 0.3) is 0 Å². The molecule has 55 heavy (non-hydrogen) atoms. The first kappa shape index (κ1) is 53.7. The molecule has 0 radical (unpaired) electrons. The highest BCUT2D eigenvalue weighted by Crippen LogP contribution is 2.15. The molecule has 0 bridgehead atoms. The fraction of sp³-hybridized carbons (Fsp3) is 0.955. The van der Waals surface area contributed by atoms with Crippen molar-refractivity contribution >= 4 is 11.9 Å². The van der Waals surface area contributed by atoms with Crippen molar-refractivity contribution < 1.29 is 53.7 Å². The van der Waals surface area contributed by atoms with Gasteiger partial charge >= 0.3 is 11.9 Å². The second-order valence-corrected chi connectivity index (χ2v) is 15.6. The second-order valence-electron chi connectivity index (χ2n) is 15.6. The molecule has 0 aromatic rings. The summed E-state index contributed by atoms with van der Waals surface area (Å²) in [4.78, 5) is 23.9. The lowest BCUT2D eigenvalue weighted by molar-refractivity contribution is -0.148. The van der Waals surface area contributed by atoms with Crippen LogP contribution in [0.4, 0.5) is 0 Å². The van der Waals surface area contributed by atoms with Crippen molar-refractivity contribution in [2.45, 2.75) is 218 Å². The molecule has 0 aromatic carbocycles. The van der Waals surface area contributed by atoms with E-state index >= 15 is 0 Å². The molecule has 0 rings (SSSR count). The van der Waals surface area contributed by atoms with Crippen LogP contribution in [0, 0.1) is 0 Å². The van der Waals surface area contributed by atoms with Crippen molar-refractivity contribution in [1.82, 2.24) is 0 Å². The monoisotopic (exact) mass is 791 g/mol. The standard InChI is InChI=1S/C44H86O11/c1-3-5-7-9-11-13-15-17-19-21-23-25-27-29-43(49)54-37-41(47)35-52-33-39(45)31-51-32-40(46)34-53-36-42(48)38-55-44(50)30-28-26-24-22-20-18-16-14-12-10-8-6-4-2/h39-42,45-48H,3-38H2,1-2H3. The van der Waals surface area contributed by atoms with E-state index in [0.29, 0.717) is 12.8 Å². The van der Waals surface area contributed by atoms with Crippen LogP contribution in [0.15, 0.2) is 0 Å². The van der Waals surface area contributed by atoms with Crippen LogP contribution in [-0.4, -0.2) is 110 Å². The van der Waals surface area contributed by atoms with Crippen molar-refractivity contribution in [1.29, 1.82) is 0 Å². The van der Waals surface area contributed by atoms with E-state index in [-0.39, 0.29) is 64.8 Å². The van der Waals surface area contributed by atoms with Crippen LogP contribution in [-0.2, 0) is 33.3 Å². The van der Waals surface area contributed by atoms with Gasteiger partial charge in [-0.05, 0) is 12.8 Å². The van der Waals surface area contributed by atoms with Gasteiger partial charge < -0.3 is 44.1 Å². The summed E-state index contributed by atoms with van der Waals surface area (Å²) in [5, 5.41) is 40.1. The first-order valence-corrected chi connectivity index (χ1v) is 22.5. The zero-order valence-electron chi connectivity index (χ0n) is 35.4. The number of carbonyl (C=O) groups excluding carboxylic acids is 2. The summed E-state index contributed by atoms with van der Waals surface area (Å²) >= 11 is 0. The lowest BCUT2D eigenvalue weighted by atomic mass is 10.0. The first-order valence-electron chi connectivity index (χ1n) is 22.5. The van der Waals surface area contributed by atoms with E-state index in [2.05, 4.69) is 13.8 Å². The van der Waals surface area contributed by atoms with Crippen molar-refractivity contribution in [3.05, 3.63) is 0 Å². The molecule has 0 amide bonds. The Morgan fingerprint density at radius 2 is 0.527 bits per heavy atom. The van der Waals surface area contributed by atoms with Crippen molar-refractivity contribution in [3.8, 4) is 0 Å². The van der Waals surface area contributed by atoms with Crippen LogP contribution in [0.2, 0.25) is 0 Å². The van der Waals surface area contributed by atoms with E-state index in [9.17, 15) is 30.0 Å². The fourth-order valence-electron chi connectivity index (χ4n) is 6.31. The number of hydrogen-bond donors (Lipinski definition) is 4. The van der Waals surface area contributed by atoms with Gasteiger partial charge in [0.15, 0.2) is 0 Å². The Kier molecular flexibility index (Phi) is 41.2. The van der Waals surface area contributed by atoms with Gasteiger partial charge in [0.05, 0.1) is 39.6 Å². The molecular formula is C44H86O11. The average molecular weight is 791 g/mol. The van der Waals surface area contributed by atoms with E-state index < -0.39 is 24.4 Å². The van der Waals surface area contributed by atoms with Gasteiger partial charge in [0.1, 0.15) is 37.6 Å². The fourth-order valence-corrected chi connectivity index (χ4v) is 6.31. The molecule has 0 fully saturated rings. The molecule has 0 saturated carbocycles. The number of ether oxygens (including phenoxy) is 5. The minimum absolute atomic E-state index is 0.0964. The van der Waals surface area contributed by atoms with Crippen LogP contribution in [0.3, 0.4) is 0 Å². The minimum atomic E-state index is -0.995. The normalized spacial score (nSPS) is 13.8. The van der Waals surface area contributed by atoms with E-state index in [0.717, 1.165) is 38.5 Å². The molecule has 0 aromatic heterocycles. The topological polar surface area (TPSA) is 161 Å². The summed E-state index contributed by atoms with van der Waals surface area (Å²) in [5.74, 6) is -0.655. The van der Waals surface area contributed by atoms with Crippen LogP contribution in [0.5, 0.6) is 0 Å². The summed E-state index contributed by atoms with van der Waals surface area (Å²) in [5.41, 5.74) is 0. The molecule has 328 valence electrons. The third-order valence-electron chi connectivity index (χ3n) is 9.70. The highest BCUT2D eigenvalue weighted by Gasteiger charge is 2.14. The van der Waals surface area contributed by atoms with E-state index in [1.165, 1.54) is 128 Å². The largest absolute Gasteiger partial charge is 0.463 e. The van der Waals surface area contributed by atoms with Gasteiger partial charge in [-0.25, -0.2) is 0 Å². The molecule has 0 aliphatic carbocycles. The molecule has 4 unspecified atom stereocenters. The Labute approximate surface area is 335 Å². The summed E-state index contributed by atoms with van der Waals surface area (Å²) in [7, 11) is 0. The Bertz CT molecular complexity index is 751. The van der Waals surface area contributed by atoms with Crippen LogP contribution in [0.1, 0.15) is 194 Å². The highest BCUT2D eigenvalue weighted by atomic mass is 16.6. The Morgan fingerprint density at radius 1 is 0.327 bits per heavy atom. The van der Waals surface area contributed by atoms with Gasteiger partial charge in [-0.1, -0.05) is 168 Å². The summed E-state index contributed by atoms with van der Waals surface area (Å²) in [6.45, 7) is 3.58. The van der Waals surface area contributed by atoms with Crippen LogP contribution >= 0.6 is 0 Å². The second kappa shape index (κ2) is 42.3. The van der Waals surface area contributed by atoms with Gasteiger partial charge in [-0.2, -0.15) is 0 Å². The SMILES string of the molecule is CCCCCCCCCCCCCCCC(=O)OCC(O)COCC(O)COCC(O)COCC(O)COC(=O)CCCCCCCCCCCCCCC. The van der Waals surface area contributed by atoms with E-state index in [4.69, 9.17) is 23.7 Å². The predicted molar refractivity (Wildman–Crippen MR) is 219 cm³/mol. The van der Waals surface area contributed by atoms with Crippen molar-refractivity contribution in [3.63, 3.8) is 0 Å². The molecular weight excluding hydrogens is 704 g/mol. The molecule has 0 aliphatic heterocycles. The number of carbonyl (C=O) groups is 2. The first-order chi connectivity index (χ1) is 26.8. The van der Waals surface area contributed by atoms with Gasteiger partial charge in [-0.15, -0.1) is 0 Å². The zero-order valence-corrected chi connectivity index (χ0v) is 35.4. The van der Waals surface area contributed by atoms with Gasteiger partial charge in [-0.3, -0.25) is 9.59 Å². The quantitative estimate of drug-likeness (QED) is 0.0346. The minimum Gasteiger partial charge on any atom is -0.463 e. The highest BCUT2D eigenvalue weighted by molar-refractivity contribution is 5.69. The third-order valence-corrected chi connectivity index (χ3v) is 9.70. The Balaban J connectivity index is 3.58. The van der Waals surface area contributed by atoms with Gasteiger partial charge in [0.25, 0.3) is 0 Å². The molecule has 11 heteroatoms. The van der Waals surface area contributed by atoms with Crippen molar-refractivity contribution in [2.75, 3.05) is 52.9 Å².